The number of carbonyl (C=O) groups excluding carboxylic acids is 2. The molecule has 0 aliphatic heterocycles. The normalized spacial score (nSPS) is 11.6. The number of ether oxygens (including phenoxy) is 2. The van der Waals surface area contributed by atoms with Crippen molar-refractivity contribution in [3.63, 3.8) is 0 Å². The predicted octanol–water partition coefficient (Wildman–Crippen LogP) is 2.42. The standard InChI is InChI=1S/C18H17N3O5S/c1-12(19-15(22)9-24-14-5-3-2-4-6-14)18(23)25-10-16-20-17(21-26-16)13-7-8-27-11-13/h2-8,11-12H,9-10H2,1H3,(H,19,22)/t12-/m1/s1. The molecule has 0 spiro atoms. The zero-order chi connectivity index (χ0) is 19.1. The summed E-state index contributed by atoms with van der Waals surface area (Å²) >= 11 is 1.52. The Morgan fingerprint density at radius 3 is 2.81 bits per heavy atom. The van der Waals surface area contributed by atoms with Crippen molar-refractivity contribution in [2.45, 2.75) is 19.6 Å². The van der Waals surface area contributed by atoms with Crippen LogP contribution in [0.1, 0.15) is 12.8 Å². The molecule has 1 amide bonds. The lowest BCUT2D eigenvalue weighted by molar-refractivity contribution is -0.149. The van der Waals surface area contributed by atoms with E-state index < -0.39 is 17.9 Å². The zero-order valence-electron chi connectivity index (χ0n) is 14.5. The maximum absolute atomic E-state index is 12.0. The molecule has 0 radical (unpaired) electrons. The highest BCUT2D eigenvalue weighted by atomic mass is 32.1. The predicted molar refractivity (Wildman–Crippen MR) is 96.9 cm³/mol. The third-order valence-electron chi connectivity index (χ3n) is 3.43. The second kappa shape index (κ2) is 8.95. The van der Waals surface area contributed by atoms with Gasteiger partial charge in [-0.1, -0.05) is 23.4 Å². The molecule has 0 aliphatic carbocycles. The van der Waals surface area contributed by atoms with Gasteiger partial charge < -0.3 is 19.3 Å². The quantitative estimate of drug-likeness (QED) is 0.592. The number of esters is 1. The average molecular weight is 387 g/mol. The maximum Gasteiger partial charge on any atom is 0.328 e. The van der Waals surface area contributed by atoms with E-state index >= 15 is 0 Å². The second-order valence-corrected chi connectivity index (χ2v) is 6.30. The van der Waals surface area contributed by atoms with E-state index in [1.54, 1.807) is 24.3 Å². The first-order valence-electron chi connectivity index (χ1n) is 8.11. The maximum atomic E-state index is 12.0. The summed E-state index contributed by atoms with van der Waals surface area (Å²) < 4.78 is 15.5. The molecular weight excluding hydrogens is 370 g/mol. The van der Waals surface area contributed by atoms with Crippen LogP contribution in [0.3, 0.4) is 0 Å². The highest BCUT2D eigenvalue weighted by Crippen LogP contribution is 2.18. The van der Waals surface area contributed by atoms with Gasteiger partial charge in [-0.15, -0.1) is 0 Å². The molecule has 0 fully saturated rings. The van der Waals surface area contributed by atoms with Gasteiger partial charge in [-0.05, 0) is 30.5 Å². The minimum absolute atomic E-state index is 0.170. The molecular formula is C18H17N3O5S. The van der Waals surface area contributed by atoms with Crippen molar-refractivity contribution in [3.05, 3.63) is 53.0 Å². The number of hydrogen-bond donors (Lipinski definition) is 1. The molecule has 9 heteroatoms. The Morgan fingerprint density at radius 2 is 2.07 bits per heavy atom. The first kappa shape index (κ1) is 18.6. The third kappa shape index (κ3) is 5.38. The monoisotopic (exact) mass is 387 g/mol. The number of hydrogen-bond acceptors (Lipinski definition) is 8. The first-order valence-corrected chi connectivity index (χ1v) is 9.05. The van der Waals surface area contributed by atoms with Crippen LogP contribution in [0.5, 0.6) is 5.75 Å². The van der Waals surface area contributed by atoms with Crippen LogP contribution in [-0.4, -0.2) is 34.7 Å². The van der Waals surface area contributed by atoms with E-state index in [1.807, 2.05) is 22.9 Å². The Hall–Kier alpha value is -3.20. The topological polar surface area (TPSA) is 104 Å². The molecule has 0 bridgehead atoms. The molecule has 0 unspecified atom stereocenters. The summed E-state index contributed by atoms with van der Waals surface area (Å²) in [5.74, 6) is 0.136. The lowest BCUT2D eigenvalue weighted by Crippen LogP contribution is -2.41. The fraction of sp³-hybridized carbons (Fsp3) is 0.222. The van der Waals surface area contributed by atoms with Crippen LogP contribution in [-0.2, 0) is 20.9 Å². The van der Waals surface area contributed by atoms with Crippen molar-refractivity contribution in [1.29, 1.82) is 0 Å². The van der Waals surface area contributed by atoms with E-state index in [9.17, 15) is 9.59 Å². The summed E-state index contributed by atoms with van der Waals surface area (Å²) in [6.07, 6.45) is 0. The number of amides is 1. The molecule has 0 saturated carbocycles. The van der Waals surface area contributed by atoms with Crippen molar-refractivity contribution < 1.29 is 23.6 Å². The van der Waals surface area contributed by atoms with Crippen molar-refractivity contribution in [2.75, 3.05) is 6.61 Å². The smallest absolute Gasteiger partial charge is 0.328 e. The molecule has 1 atom stereocenters. The Labute approximate surface area is 159 Å². The largest absolute Gasteiger partial charge is 0.484 e. The van der Waals surface area contributed by atoms with Gasteiger partial charge in [-0.3, -0.25) is 4.79 Å². The zero-order valence-corrected chi connectivity index (χ0v) is 15.3. The van der Waals surface area contributed by atoms with Gasteiger partial charge in [0.05, 0.1) is 0 Å². The second-order valence-electron chi connectivity index (χ2n) is 5.52. The summed E-state index contributed by atoms with van der Waals surface area (Å²) in [5, 5.41) is 10.1. The number of rotatable bonds is 8. The van der Waals surface area contributed by atoms with E-state index in [4.69, 9.17) is 14.0 Å². The summed E-state index contributed by atoms with van der Waals surface area (Å²) in [5.41, 5.74) is 0.834. The van der Waals surface area contributed by atoms with Crippen molar-refractivity contribution in [2.24, 2.45) is 0 Å². The lowest BCUT2D eigenvalue weighted by Gasteiger charge is -2.13. The van der Waals surface area contributed by atoms with Gasteiger partial charge in [0.2, 0.25) is 5.82 Å². The van der Waals surface area contributed by atoms with Crippen LogP contribution in [0.2, 0.25) is 0 Å². The minimum atomic E-state index is -0.837. The summed E-state index contributed by atoms with van der Waals surface area (Å²) in [4.78, 5) is 28.0. The van der Waals surface area contributed by atoms with E-state index in [2.05, 4.69) is 15.5 Å². The van der Waals surface area contributed by atoms with Gasteiger partial charge in [-0.25, -0.2) is 4.79 Å². The van der Waals surface area contributed by atoms with Gasteiger partial charge in [0.1, 0.15) is 11.8 Å². The van der Waals surface area contributed by atoms with Crippen LogP contribution < -0.4 is 10.1 Å². The molecule has 1 aromatic carbocycles. The number of nitrogens with one attached hydrogen (secondary N) is 1. The van der Waals surface area contributed by atoms with E-state index in [1.165, 1.54) is 18.3 Å². The van der Waals surface area contributed by atoms with Gasteiger partial charge in [0, 0.05) is 10.9 Å². The first-order chi connectivity index (χ1) is 13.1. The molecule has 1 N–H and O–H groups in total. The minimum Gasteiger partial charge on any atom is -0.484 e. The van der Waals surface area contributed by atoms with Crippen LogP contribution in [0.15, 0.2) is 51.7 Å². The molecule has 3 rings (SSSR count). The highest BCUT2D eigenvalue weighted by Gasteiger charge is 2.19. The molecule has 0 aliphatic rings. The fourth-order valence-electron chi connectivity index (χ4n) is 2.09. The van der Waals surface area contributed by atoms with Crippen LogP contribution >= 0.6 is 11.3 Å². The van der Waals surface area contributed by atoms with Gasteiger partial charge >= 0.3 is 5.97 Å². The molecule has 8 nitrogen and oxygen atoms in total. The summed E-state index contributed by atoms with van der Waals surface area (Å²) in [6, 6.07) is 9.94. The average Bonchev–Trinajstić information content (AvgIpc) is 3.36. The molecule has 2 heterocycles. The van der Waals surface area contributed by atoms with E-state index in [0.717, 1.165) is 5.56 Å². The Balaban J connectivity index is 1.41. The van der Waals surface area contributed by atoms with Crippen molar-refractivity contribution in [3.8, 4) is 17.1 Å². The third-order valence-corrected chi connectivity index (χ3v) is 4.11. The lowest BCUT2D eigenvalue weighted by atomic mass is 10.3. The Bertz CT molecular complexity index is 880. The number of nitrogens with zero attached hydrogens (tertiary/aromatic N) is 2. The number of carbonyl (C=O) groups is 2. The molecule has 27 heavy (non-hydrogen) atoms. The number of benzene rings is 1. The molecule has 3 aromatic rings. The van der Waals surface area contributed by atoms with Gasteiger partial charge in [0.25, 0.3) is 11.8 Å². The summed E-state index contributed by atoms with van der Waals surface area (Å²) in [7, 11) is 0. The van der Waals surface area contributed by atoms with Crippen LogP contribution in [0.25, 0.3) is 11.4 Å². The number of aromatic nitrogens is 2. The Kier molecular flexibility index (Phi) is 6.16. The Morgan fingerprint density at radius 1 is 1.26 bits per heavy atom. The number of para-hydroxylation sites is 1. The van der Waals surface area contributed by atoms with Crippen molar-refractivity contribution >= 4 is 23.2 Å². The van der Waals surface area contributed by atoms with Crippen LogP contribution in [0.4, 0.5) is 0 Å². The molecule has 2 aromatic heterocycles. The SMILES string of the molecule is C[C@@H](NC(=O)COc1ccccc1)C(=O)OCc1nc(-c2ccsc2)no1. The van der Waals surface area contributed by atoms with Crippen LogP contribution in [0, 0.1) is 0 Å². The van der Waals surface area contributed by atoms with Crippen molar-refractivity contribution in [1.82, 2.24) is 15.5 Å². The van der Waals surface area contributed by atoms with E-state index in [0.29, 0.717) is 11.6 Å². The fourth-order valence-corrected chi connectivity index (χ4v) is 2.72. The molecule has 0 saturated heterocycles. The summed E-state index contributed by atoms with van der Waals surface area (Å²) in [6.45, 7) is 1.15. The van der Waals surface area contributed by atoms with E-state index in [-0.39, 0.29) is 19.1 Å². The highest BCUT2D eigenvalue weighted by molar-refractivity contribution is 7.08. The van der Waals surface area contributed by atoms with Gasteiger partial charge in [0.15, 0.2) is 13.2 Å². The number of thiophene rings is 1. The van der Waals surface area contributed by atoms with Gasteiger partial charge in [-0.2, -0.15) is 16.3 Å². The molecule has 140 valence electrons.